The van der Waals surface area contributed by atoms with Gasteiger partial charge in [-0.25, -0.2) is 0 Å². The topological polar surface area (TPSA) is 61.6 Å². The van der Waals surface area contributed by atoms with Crippen molar-refractivity contribution in [3.8, 4) is 0 Å². The number of guanidine groups is 1. The number of piperazine rings is 1. The summed E-state index contributed by atoms with van der Waals surface area (Å²) in [5.74, 6) is 1.98. The highest BCUT2D eigenvalue weighted by atomic mass is 127. The summed E-state index contributed by atoms with van der Waals surface area (Å²) in [5.41, 5.74) is 1.26. The fourth-order valence-corrected chi connectivity index (χ4v) is 3.58. The third-order valence-corrected chi connectivity index (χ3v) is 5.06. The Morgan fingerprint density at radius 3 is 2.71 bits per heavy atom. The molecule has 1 fully saturated rings. The second-order valence-electron chi connectivity index (χ2n) is 6.66. The van der Waals surface area contributed by atoms with Crippen molar-refractivity contribution in [3.05, 3.63) is 47.0 Å². The number of aryl methyl sites for hydroxylation is 1. The lowest BCUT2D eigenvalue weighted by Gasteiger charge is -2.36. The maximum atomic E-state index is 6.09. The fourth-order valence-electron chi connectivity index (χ4n) is 3.37. The van der Waals surface area contributed by atoms with Crippen molar-refractivity contribution in [2.45, 2.75) is 26.4 Å². The number of rotatable bonds is 6. The van der Waals surface area contributed by atoms with E-state index in [1.807, 2.05) is 25.2 Å². The predicted molar refractivity (Wildman–Crippen MR) is 124 cm³/mol. The first-order valence-corrected chi connectivity index (χ1v) is 9.86. The molecule has 0 bridgehead atoms. The van der Waals surface area contributed by atoms with E-state index in [9.17, 15) is 0 Å². The molecule has 1 saturated heterocycles. The second-order valence-corrected chi connectivity index (χ2v) is 7.10. The Morgan fingerprint density at radius 1 is 1.25 bits per heavy atom. The van der Waals surface area contributed by atoms with Crippen LogP contribution in [0.5, 0.6) is 0 Å². The monoisotopic (exact) mass is 517 g/mol. The summed E-state index contributed by atoms with van der Waals surface area (Å²) in [6.45, 7) is 8.63. The van der Waals surface area contributed by atoms with E-state index >= 15 is 0 Å². The molecule has 9 heteroatoms. The van der Waals surface area contributed by atoms with E-state index in [0.29, 0.717) is 0 Å². The van der Waals surface area contributed by atoms with Crippen molar-refractivity contribution in [1.29, 1.82) is 0 Å². The van der Waals surface area contributed by atoms with Gasteiger partial charge in [0.25, 0.3) is 0 Å². The summed E-state index contributed by atoms with van der Waals surface area (Å²) in [4.78, 5) is 9.23. The van der Waals surface area contributed by atoms with Crippen LogP contribution in [0.2, 0.25) is 5.02 Å². The molecule has 0 amide bonds. The minimum Gasteiger partial charge on any atom is -0.354 e. The van der Waals surface area contributed by atoms with Crippen molar-refractivity contribution < 1.29 is 0 Å². The number of hydrogen-bond acceptors (Lipinski definition) is 4. The molecule has 28 heavy (non-hydrogen) atoms. The zero-order valence-corrected chi connectivity index (χ0v) is 19.6. The number of nitrogens with zero attached hydrogens (tertiary/aromatic N) is 6. The van der Waals surface area contributed by atoms with Gasteiger partial charge >= 0.3 is 0 Å². The van der Waals surface area contributed by atoms with Crippen LogP contribution >= 0.6 is 35.6 Å². The highest BCUT2D eigenvalue weighted by Gasteiger charge is 2.19. The number of nitrogens with one attached hydrogen (secondary N) is 1. The van der Waals surface area contributed by atoms with Crippen LogP contribution in [0, 0.1) is 0 Å². The molecule has 7 nitrogen and oxygen atoms in total. The lowest BCUT2D eigenvalue weighted by molar-refractivity contribution is 0.172. The summed E-state index contributed by atoms with van der Waals surface area (Å²) in [5, 5.41) is 12.4. The van der Waals surface area contributed by atoms with Crippen LogP contribution in [0.15, 0.2) is 35.6 Å². The van der Waals surface area contributed by atoms with Gasteiger partial charge in [0, 0.05) is 64.3 Å². The van der Waals surface area contributed by atoms with E-state index in [1.54, 1.807) is 6.33 Å². The zero-order valence-electron chi connectivity index (χ0n) is 16.5. The van der Waals surface area contributed by atoms with Crippen molar-refractivity contribution in [2.24, 2.45) is 4.99 Å². The lowest BCUT2D eigenvalue weighted by atomic mass is 10.2. The largest absolute Gasteiger partial charge is 0.354 e. The number of aliphatic imine (C=N–C) groups is 1. The van der Waals surface area contributed by atoms with E-state index in [-0.39, 0.29) is 24.0 Å². The summed E-state index contributed by atoms with van der Waals surface area (Å²) in [6, 6.07) is 8.11. The third kappa shape index (κ3) is 6.31. The summed E-state index contributed by atoms with van der Waals surface area (Å²) in [7, 11) is 1.84. The Hall–Kier alpha value is -1.39. The van der Waals surface area contributed by atoms with Crippen LogP contribution in [-0.2, 0) is 19.5 Å². The second kappa shape index (κ2) is 11.6. The average Bonchev–Trinajstić information content (AvgIpc) is 3.14. The van der Waals surface area contributed by atoms with Crippen molar-refractivity contribution in [1.82, 2.24) is 29.9 Å². The minimum absolute atomic E-state index is 0. The first-order chi connectivity index (χ1) is 13.2. The molecule has 1 N–H and O–H groups in total. The molecule has 154 valence electrons. The van der Waals surface area contributed by atoms with Gasteiger partial charge in [0.15, 0.2) is 5.96 Å². The van der Waals surface area contributed by atoms with Crippen molar-refractivity contribution in [3.63, 3.8) is 0 Å². The van der Waals surface area contributed by atoms with Crippen LogP contribution < -0.4 is 5.32 Å². The van der Waals surface area contributed by atoms with Gasteiger partial charge in [0.1, 0.15) is 12.2 Å². The molecule has 2 aromatic rings. The smallest absolute Gasteiger partial charge is 0.193 e. The molecule has 2 heterocycles. The Morgan fingerprint density at radius 2 is 2.04 bits per heavy atom. The van der Waals surface area contributed by atoms with Gasteiger partial charge in [0.05, 0.1) is 0 Å². The Labute approximate surface area is 189 Å². The molecule has 1 aromatic carbocycles. The SMILES string of the molecule is CCc1nncn1CCNC(=NC)N1CCN(Cc2cccc(Cl)c2)CC1.I. The lowest BCUT2D eigenvalue weighted by Crippen LogP contribution is -2.52. The molecule has 0 spiro atoms. The molecule has 0 radical (unpaired) electrons. The summed E-state index contributed by atoms with van der Waals surface area (Å²) >= 11 is 6.09. The van der Waals surface area contributed by atoms with Gasteiger partial charge in [-0.1, -0.05) is 30.7 Å². The number of benzene rings is 1. The maximum Gasteiger partial charge on any atom is 0.193 e. The quantitative estimate of drug-likeness (QED) is 0.362. The van der Waals surface area contributed by atoms with Crippen LogP contribution in [0.3, 0.4) is 0 Å². The minimum atomic E-state index is 0. The van der Waals surface area contributed by atoms with Crippen molar-refractivity contribution in [2.75, 3.05) is 39.8 Å². The standard InChI is InChI=1S/C19H28ClN7.HI/c1-3-18-24-23-15-27(18)8-7-22-19(21-2)26-11-9-25(10-12-26)14-16-5-4-6-17(20)13-16;/h4-6,13,15H,3,7-12,14H2,1-2H3,(H,21,22);1H. The summed E-state index contributed by atoms with van der Waals surface area (Å²) < 4.78 is 2.09. The van der Waals surface area contributed by atoms with Gasteiger partial charge in [-0.2, -0.15) is 0 Å². The maximum absolute atomic E-state index is 6.09. The normalized spacial score (nSPS) is 15.4. The first-order valence-electron chi connectivity index (χ1n) is 9.48. The van der Waals surface area contributed by atoms with E-state index in [2.05, 4.69) is 47.9 Å². The zero-order chi connectivity index (χ0) is 19.1. The Bertz CT molecular complexity index is 756. The van der Waals surface area contributed by atoms with E-state index < -0.39 is 0 Å². The molecule has 0 unspecified atom stereocenters. The first kappa shape index (κ1) is 22.9. The molecular weight excluding hydrogens is 489 g/mol. The van der Waals surface area contributed by atoms with E-state index in [1.165, 1.54) is 5.56 Å². The van der Waals surface area contributed by atoms with Gasteiger partial charge in [0.2, 0.25) is 0 Å². The van der Waals surface area contributed by atoms with Gasteiger partial charge in [-0.3, -0.25) is 9.89 Å². The Balaban J connectivity index is 0.00000280. The van der Waals surface area contributed by atoms with Crippen LogP contribution in [0.1, 0.15) is 18.3 Å². The number of halogens is 2. The molecule has 0 aliphatic carbocycles. The van der Waals surface area contributed by atoms with Crippen LogP contribution in [-0.4, -0.2) is 70.3 Å². The van der Waals surface area contributed by atoms with E-state index in [0.717, 1.165) is 69.0 Å². The van der Waals surface area contributed by atoms with Gasteiger partial charge < -0.3 is 14.8 Å². The number of aromatic nitrogens is 3. The highest BCUT2D eigenvalue weighted by Crippen LogP contribution is 2.14. The molecule has 1 aliphatic heterocycles. The molecular formula is C19H29ClIN7. The fraction of sp³-hybridized carbons (Fsp3) is 0.526. The van der Waals surface area contributed by atoms with E-state index in [4.69, 9.17) is 11.6 Å². The summed E-state index contributed by atoms with van der Waals surface area (Å²) in [6.07, 6.45) is 2.68. The molecule has 1 aromatic heterocycles. The average molecular weight is 518 g/mol. The Kier molecular flexibility index (Phi) is 9.46. The van der Waals surface area contributed by atoms with Gasteiger partial charge in [-0.15, -0.1) is 34.2 Å². The van der Waals surface area contributed by atoms with Crippen LogP contribution in [0.4, 0.5) is 0 Å². The van der Waals surface area contributed by atoms with Crippen molar-refractivity contribution >= 4 is 41.5 Å². The molecule has 1 aliphatic rings. The highest BCUT2D eigenvalue weighted by molar-refractivity contribution is 14.0. The molecule has 0 atom stereocenters. The van der Waals surface area contributed by atoms with Gasteiger partial charge in [-0.05, 0) is 17.7 Å². The molecule has 0 saturated carbocycles. The van der Waals surface area contributed by atoms with Crippen LogP contribution in [0.25, 0.3) is 0 Å². The predicted octanol–water partition coefficient (Wildman–Crippen LogP) is 2.51. The number of hydrogen-bond donors (Lipinski definition) is 1. The third-order valence-electron chi connectivity index (χ3n) is 4.83. The molecule has 3 rings (SSSR count).